The lowest BCUT2D eigenvalue weighted by molar-refractivity contribution is -0.123. The molecule has 2 aliphatic rings. The number of hydrogen-bond acceptors (Lipinski definition) is 1. The zero-order valence-electron chi connectivity index (χ0n) is 10.7. The van der Waals surface area contributed by atoms with Gasteiger partial charge in [0, 0.05) is 12.3 Å². The van der Waals surface area contributed by atoms with E-state index < -0.39 is 0 Å². The fraction of sp³-hybridized carbons (Fsp3) is 0.933. The Morgan fingerprint density at radius 3 is 2.06 bits per heavy atom. The molecule has 0 aliphatic heterocycles. The molecule has 0 atom stereocenters. The monoisotopic (exact) mass is 222 g/mol. The Kier molecular flexibility index (Phi) is 4.43. The Hall–Kier alpha value is -0.330. The Bertz CT molecular complexity index is 220. The summed E-state index contributed by atoms with van der Waals surface area (Å²) in [5.41, 5.74) is 0. The van der Waals surface area contributed by atoms with E-state index in [1.807, 2.05) is 0 Å². The molecular weight excluding hydrogens is 196 g/mol. The topological polar surface area (TPSA) is 17.1 Å². The minimum absolute atomic E-state index is 0.448. The molecule has 2 fully saturated rings. The first-order chi connectivity index (χ1) is 7.79. The molecule has 0 amide bonds. The second-order valence-electron chi connectivity index (χ2n) is 5.95. The van der Waals surface area contributed by atoms with Gasteiger partial charge < -0.3 is 0 Å². The molecule has 0 radical (unpaired) electrons. The second-order valence-corrected chi connectivity index (χ2v) is 5.95. The van der Waals surface area contributed by atoms with Crippen LogP contribution < -0.4 is 0 Å². The van der Waals surface area contributed by atoms with E-state index in [0.29, 0.717) is 11.7 Å². The zero-order valence-corrected chi connectivity index (χ0v) is 10.7. The van der Waals surface area contributed by atoms with Gasteiger partial charge in [0.2, 0.25) is 0 Å². The smallest absolute Gasteiger partial charge is 0.136 e. The summed E-state index contributed by atoms with van der Waals surface area (Å²) in [5, 5.41) is 0. The van der Waals surface area contributed by atoms with Crippen LogP contribution in [0, 0.1) is 17.8 Å². The molecule has 0 unspecified atom stereocenters. The number of hydrogen-bond donors (Lipinski definition) is 0. The summed E-state index contributed by atoms with van der Waals surface area (Å²) in [6, 6.07) is 0. The molecule has 0 heterocycles. The van der Waals surface area contributed by atoms with Crippen molar-refractivity contribution in [2.45, 2.75) is 71.1 Å². The van der Waals surface area contributed by atoms with Crippen molar-refractivity contribution in [1.82, 2.24) is 0 Å². The van der Waals surface area contributed by atoms with Crippen LogP contribution in [-0.2, 0) is 4.79 Å². The van der Waals surface area contributed by atoms with Gasteiger partial charge in [0.15, 0.2) is 0 Å². The predicted octanol–water partition coefficient (Wildman–Crippen LogP) is 4.35. The van der Waals surface area contributed by atoms with Crippen LogP contribution >= 0.6 is 0 Å². The van der Waals surface area contributed by atoms with Gasteiger partial charge in [-0.05, 0) is 37.5 Å². The van der Waals surface area contributed by atoms with Gasteiger partial charge >= 0.3 is 0 Å². The van der Waals surface area contributed by atoms with Gasteiger partial charge in [0.1, 0.15) is 5.78 Å². The maximum atomic E-state index is 12.1. The molecule has 0 aromatic rings. The molecule has 0 aromatic carbocycles. The molecule has 0 saturated heterocycles. The average molecular weight is 222 g/mol. The Morgan fingerprint density at radius 2 is 1.50 bits per heavy atom. The summed E-state index contributed by atoms with van der Waals surface area (Å²) in [6.45, 7) is 2.30. The SMILES string of the molecule is CCC1CCC(CC(=O)C2CCCC2)CC1. The highest BCUT2D eigenvalue weighted by atomic mass is 16.1. The lowest BCUT2D eigenvalue weighted by atomic mass is 9.78. The number of rotatable bonds is 4. The van der Waals surface area contributed by atoms with E-state index in [9.17, 15) is 4.79 Å². The maximum absolute atomic E-state index is 12.1. The molecule has 0 N–H and O–H groups in total. The van der Waals surface area contributed by atoms with Crippen molar-refractivity contribution in [3.63, 3.8) is 0 Å². The lowest BCUT2D eigenvalue weighted by Gasteiger charge is -2.27. The first kappa shape index (κ1) is 12.1. The van der Waals surface area contributed by atoms with Crippen molar-refractivity contribution in [3.8, 4) is 0 Å². The zero-order chi connectivity index (χ0) is 11.4. The van der Waals surface area contributed by atoms with Crippen LogP contribution in [0.5, 0.6) is 0 Å². The van der Waals surface area contributed by atoms with E-state index in [0.717, 1.165) is 18.3 Å². The highest BCUT2D eigenvalue weighted by molar-refractivity contribution is 5.81. The van der Waals surface area contributed by atoms with Crippen molar-refractivity contribution in [2.24, 2.45) is 17.8 Å². The third kappa shape index (κ3) is 3.09. The van der Waals surface area contributed by atoms with Gasteiger partial charge in [-0.1, -0.05) is 39.0 Å². The van der Waals surface area contributed by atoms with Gasteiger partial charge in [0.05, 0.1) is 0 Å². The van der Waals surface area contributed by atoms with Gasteiger partial charge in [-0.15, -0.1) is 0 Å². The average Bonchev–Trinajstić information content (AvgIpc) is 2.83. The molecule has 2 rings (SSSR count). The van der Waals surface area contributed by atoms with Crippen molar-refractivity contribution in [3.05, 3.63) is 0 Å². The fourth-order valence-corrected chi connectivity index (χ4v) is 3.54. The first-order valence-electron chi connectivity index (χ1n) is 7.32. The van der Waals surface area contributed by atoms with Crippen molar-refractivity contribution in [2.75, 3.05) is 0 Å². The molecule has 16 heavy (non-hydrogen) atoms. The van der Waals surface area contributed by atoms with Crippen LogP contribution in [0.3, 0.4) is 0 Å². The normalized spacial score (nSPS) is 31.8. The van der Waals surface area contributed by atoms with E-state index in [-0.39, 0.29) is 0 Å². The minimum atomic E-state index is 0.448. The quantitative estimate of drug-likeness (QED) is 0.691. The third-order valence-electron chi connectivity index (χ3n) is 4.84. The Balaban J connectivity index is 1.71. The third-order valence-corrected chi connectivity index (χ3v) is 4.84. The van der Waals surface area contributed by atoms with Gasteiger partial charge in [-0.3, -0.25) is 4.79 Å². The van der Waals surface area contributed by atoms with Crippen LogP contribution in [0.1, 0.15) is 71.1 Å². The molecule has 1 heteroatoms. The number of carbonyl (C=O) groups excluding carboxylic acids is 1. The van der Waals surface area contributed by atoms with E-state index >= 15 is 0 Å². The van der Waals surface area contributed by atoms with Crippen LogP contribution in [0.25, 0.3) is 0 Å². The first-order valence-corrected chi connectivity index (χ1v) is 7.32. The van der Waals surface area contributed by atoms with Gasteiger partial charge in [-0.25, -0.2) is 0 Å². The van der Waals surface area contributed by atoms with Crippen molar-refractivity contribution >= 4 is 5.78 Å². The predicted molar refractivity (Wildman–Crippen MR) is 67.3 cm³/mol. The lowest BCUT2D eigenvalue weighted by Crippen LogP contribution is -2.20. The Morgan fingerprint density at radius 1 is 0.938 bits per heavy atom. The fourth-order valence-electron chi connectivity index (χ4n) is 3.54. The highest BCUT2D eigenvalue weighted by Crippen LogP contribution is 2.35. The van der Waals surface area contributed by atoms with E-state index in [1.54, 1.807) is 0 Å². The number of Topliss-reactive ketones (excluding diaryl/α,β-unsaturated/α-hetero) is 1. The summed E-state index contributed by atoms with van der Waals surface area (Å²) in [6.07, 6.45) is 12.6. The number of carbonyl (C=O) groups is 1. The molecule has 2 saturated carbocycles. The summed E-state index contributed by atoms with van der Waals surface area (Å²) < 4.78 is 0. The van der Waals surface area contributed by atoms with Crippen LogP contribution in [-0.4, -0.2) is 5.78 Å². The minimum Gasteiger partial charge on any atom is -0.299 e. The summed E-state index contributed by atoms with van der Waals surface area (Å²) >= 11 is 0. The highest BCUT2D eigenvalue weighted by Gasteiger charge is 2.27. The summed E-state index contributed by atoms with van der Waals surface area (Å²) in [5.74, 6) is 2.73. The van der Waals surface area contributed by atoms with E-state index in [1.165, 1.54) is 57.8 Å². The van der Waals surface area contributed by atoms with Crippen molar-refractivity contribution in [1.29, 1.82) is 0 Å². The van der Waals surface area contributed by atoms with Crippen LogP contribution in [0.4, 0.5) is 0 Å². The molecule has 0 aromatic heterocycles. The standard InChI is InChI=1S/C15H26O/c1-2-12-7-9-13(10-8-12)11-15(16)14-5-3-4-6-14/h12-14H,2-11H2,1H3. The molecule has 92 valence electrons. The molecule has 0 spiro atoms. The number of ketones is 1. The van der Waals surface area contributed by atoms with Gasteiger partial charge in [0.25, 0.3) is 0 Å². The maximum Gasteiger partial charge on any atom is 0.136 e. The van der Waals surface area contributed by atoms with Crippen molar-refractivity contribution < 1.29 is 4.79 Å². The van der Waals surface area contributed by atoms with E-state index in [2.05, 4.69) is 6.92 Å². The molecule has 2 aliphatic carbocycles. The summed E-state index contributed by atoms with van der Waals surface area (Å²) in [4.78, 5) is 12.1. The summed E-state index contributed by atoms with van der Waals surface area (Å²) in [7, 11) is 0. The van der Waals surface area contributed by atoms with Gasteiger partial charge in [-0.2, -0.15) is 0 Å². The van der Waals surface area contributed by atoms with E-state index in [4.69, 9.17) is 0 Å². The Labute approximate surface area is 100.0 Å². The molecular formula is C15H26O. The molecule has 0 bridgehead atoms. The largest absolute Gasteiger partial charge is 0.299 e. The molecule has 1 nitrogen and oxygen atoms in total. The second kappa shape index (κ2) is 5.84. The van der Waals surface area contributed by atoms with Crippen LogP contribution in [0.2, 0.25) is 0 Å². The van der Waals surface area contributed by atoms with Crippen LogP contribution in [0.15, 0.2) is 0 Å².